The van der Waals surface area contributed by atoms with Crippen molar-refractivity contribution in [1.82, 2.24) is 4.90 Å². The summed E-state index contributed by atoms with van der Waals surface area (Å²) >= 11 is 0. The van der Waals surface area contributed by atoms with E-state index in [0.29, 0.717) is 11.9 Å². The molecule has 16 heavy (non-hydrogen) atoms. The van der Waals surface area contributed by atoms with Crippen LogP contribution >= 0.6 is 0 Å². The van der Waals surface area contributed by atoms with Gasteiger partial charge in [0.25, 0.3) is 0 Å². The van der Waals surface area contributed by atoms with Crippen molar-refractivity contribution in [3.8, 4) is 0 Å². The van der Waals surface area contributed by atoms with E-state index in [1.807, 2.05) is 0 Å². The SMILES string of the molecule is CC1(C(=O)N2CCC(N)CC2)CCCCC1. The molecule has 2 aliphatic rings. The highest BCUT2D eigenvalue weighted by molar-refractivity contribution is 5.82. The van der Waals surface area contributed by atoms with Crippen molar-refractivity contribution >= 4 is 5.91 Å². The first-order valence-corrected chi connectivity index (χ1v) is 6.67. The van der Waals surface area contributed by atoms with E-state index >= 15 is 0 Å². The van der Waals surface area contributed by atoms with Gasteiger partial charge in [-0.25, -0.2) is 0 Å². The highest BCUT2D eigenvalue weighted by Gasteiger charge is 2.38. The first kappa shape index (κ1) is 11.9. The van der Waals surface area contributed by atoms with Gasteiger partial charge in [0.1, 0.15) is 0 Å². The van der Waals surface area contributed by atoms with Crippen LogP contribution in [0.25, 0.3) is 0 Å². The molecule has 0 atom stereocenters. The fraction of sp³-hybridized carbons (Fsp3) is 0.923. The standard InChI is InChI=1S/C13H24N2O/c1-13(7-3-2-4-8-13)12(16)15-9-5-11(14)6-10-15/h11H,2-10,14H2,1H3. The van der Waals surface area contributed by atoms with Crippen molar-refractivity contribution in [3.63, 3.8) is 0 Å². The molecule has 0 bridgehead atoms. The molecule has 1 saturated carbocycles. The molecule has 1 aliphatic carbocycles. The third kappa shape index (κ3) is 2.40. The normalized spacial score (nSPS) is 26.8. The average Bonchev–Trinajstić information content (AvgIpc) is 2.30. The van der Waals surface area contributed by atoms with Crippen LogP contribution in [0.4, 0.5) is 0 Å². The summed E-state index contributed by atoms with van der Waals surface area (Å²) in [4.78, 5) is 14.5. The van der Waals surface area contributed by atoms with E-state index in [2.05, 4.69) is 11.8 Å². The van der Waals surface area contributed by atoms with Crippen LogP contribution < -0.4 is 5.73 Å². The summed E-state index contributed by atoms with van der Waals surface area (Å²) < 4.78 is 0. The molecule has 2 N–H and O–H groups in total. The van der Waals surface area contributed by atoms with Crippen LogP contribution in [0, 0.1) is 5.41 Å². The van der Waals surface area contributed by atoms with Gasteiger partial charge in [-0.15, -0.1) is 0 Å². The van der Waals surface area contributed by atoms with Crippen molar-refractivity contribution in [1.29, 1.82) is 0 Å². The smallest absolute Gasteiger partial charge is 0.228 e. The molecular formula is C13H24N2O. The maximum absolute atomic E-state index is 12.5. The number of hydrogen-bond donors (Lipinski definition) is 1. The molecule has 1 amide bonds. The number of nitrogens with zero attached hydrogens (tertiary/aromatic N) is 1. The van der Waals surface area contributed by atoms with Gasteiger partial charge in [0.2, 0.25) is 5.91 Å². The van der Waals surface area contributed by atoms with Crippen molar-refractivity contribution in [2.24, 2.45) is 11.1 Å². The van der Waals surface area contributed by atoms with E-state index in [9.17, 15) is 4.79 Å². The van der Waals surface area contributed by atoms with Crippen LogP contribution in [0.5, 0.6) is 0 Å². The lowest BCUT2D eigenvalue weighted by atomic mass is 9.74. The number of piperidine rings is 1. The van der Waals surface area contributed by atoms with Gasteiger partial charge in [-0.05, 0) is 25.7 Å². The Kier molecular flexibility index (Phi) is 3.53. The minimum atomic E-state index is -0.0698. The second-order valence-corrected chi connectivity index (χ2v) is 5.75. The number of carbonyl (C=O) groups is 1. The molecule has 1 aliphatic heterocycles. The van der Waals surface area contributed by atoms with E-state index in [4.69, 9.17) is 5.73 Å². The molecule has 92 valence electrons. The van der Waals surface area contributed by atoms with Crippen LogP contribution in [-0.2, 0) is 4.79 Å². The number of hydrogen-bond acceptors (Lipinski definition) is 2. The van der Waals surface area contributed by atoms with Crippen molar-refractivity contribution < 1.29 is 4.79 Å². The number of rotatable bonds is 1. The van der Waals surface area contributed by atoms with Crippen LogP contribution in [-0.4, -0.2) is 29.9 Å². The first-order chi connectivity index (χ1) is 7.62. The fourth-order valence-corrected chi connectivity index (χ4v) is 3.03. The predicted molar refractivity (Wildman–Crippen MR) is 65.0 cm³/mol. The maximum atomic E-state index is 12.5. The summed E-state index contributed by atoms with van der Waals surface area (Å²) in [6.07, 6.45) is 7.84. The third-order valence-electron chi connectivity index (χ3n) is 4.30. The van der Waals surface area contributed by atoms with Crippen LogP contribution in [0.15, 0.2) is 0 Å². The molecule has 0 aromatic rings. The van der Waals surface area contributed by atoms with Gasteiger partial charge in [0.05, 0.1) is 0 Å². The first-order valence-electron chi connectivity index (χ1n) is 6.67. The number of likely N-dealkylation sites (tertiary alicyclic amines) is 1. The van der Waals surface area contributed by atoms with E-state index in [0.717, 1.165) is 38.8 Å². The quantitative estimate of drug-likeness (QED) is 0.739. The van der Waals surface area contributed by atoms with Crippen molar-refractivity contribution in [2.75, 3.05) is 13.1 Å². The summed E-state index contributed by atoms with van der Waals surface area (Å²) in [6.45, 7) is 3.90. The molecule has 0 spiro atoms. The van der Waals surface area contributed by atoms with Gasteiger partial charge in [-0.3, -0.25) is 4.79 Å². The van der Waals surface area contributed by atoms with Gasteiger partial charge in [-0.1, -0.05) is 26.2 Å². The zero-order chi connectivity index (χ0) is 11.6. The monoisotopic (exact) mass is 224 g/mol. The molecule has 3 heteroatoms. The summed E-state index contributed by atoms with van der Waals surface area (Å²) in [6, 6.07) is 0.309. The molecule has 0 unspecified atom stereocenters. The molecule has 1 saturated heterocycles. The Morgan fingerprint density at radius 3 is 2.31 bits per heavy atom. The number of amides is 1. The second kappa shape index (κ2) is 4.74. The molecule has 0 aromatic heterocycles. The summed E-state index contributed by atoms with van der Waals surface area (Å²) in [5.74, 6) is 0.388. The average molecular weight is 224 g/mol. The lowest BCUT2D eigenvalue weighted by Gasteiger charge is -2.39. The van der Waals surface area contributed by atoms with E-state index in [1.165, 1.54) is 19.3 Å². The zero-order valence-electron chi connectivity index (χ0n) is 10.4. The molecule has 0 aromatic carbocycles. The summed E-state index contributed by atoms with van der Waals surface area (Å²) in [5, 5.41) is 0. The Morgan fingerprint density at radius 2 is 1.75 bits per heavy atom. The molecule has 3 nitrogen and oxygen atoms in total. The van der Waals surface area contributed by atoms with E-state index in [-0.39, 0.29) is 5.41 Å². The maximum Gasteiger partial charge on any atom is 0.228 e. The Hall–Kier alpha value is -0.570. The lowest BCUT2D eigenvalue weighted by molar-refractivity contribution is -0.144. The van der Waals surface area contributed by atoms with Crippen LogP contribution in [0.3, 0.4) is 0 Å². The van der Waals surface area contributed by atoms with Crippen LogP contribution in [0.1, 0.15) is 51.9 Å². The Bertz CT molecular complexity index is 251. The molecule has 2 fully saturated rings. The summed E-state index contributed by atoms with van der Waals surface area (Å²) in [5.41, 5.74) is 5.80. The molecule has 2 rings (SSSR count). The molecular weight excluding hydrogens is 200 g/mol. The number of nitrogens with two attached hydrogens (primary N) is 1. The van der Waals surface area contributed by atoms with Gasteiger partial charge in [0, 0.05) is 24.5 Å². The van der Waals surface area contributed by atoms with Crippen molar-refractivity contribution in [2.45, 2.75) is 57.9 Å². The minimum absolute atomic E-state index is 0.0698. The van der Waals surface area contributed by atoms with Gasteiger partial charge in [0.15, 0.2) is 0 Å². The topological polar surface area (TPSA) is 46.3 Å². The van der Waals surface area contributed by atoms with Gasteiger partial charge < -0.3 is 10.6 Å². The van der Waals surface area contributed by atoms with E-state index in [1.54, 1.807) is 0 Å². The van der Waals surface area contributed by atoms with Gasteiger partial charge in [-0.2, -0.15) is 0 Å². The second-order valence-electron chi connectivity index (χ2n) is 5.75. The molecule has 1 heterocycles. The lowest BCUT2D eigenvalue weighted by Crippen LogP contribution is -2.49. The largest absolute Gasteiger partial charge is 0.342 e. The van der Waals surface area contributed by atoms with Crippen molar-refractivity contribution in [3.05, 3.63) is 0 Å². The summed E-state index contributed by atoms with van der Waals surface area (Å²) in [7, 11) is 0. The molecule has 0 radical (unpaired) electrons. The Morgan fingerprint density at radius 1 is 1.19 bits per heavy atom. The van der Waals surface area contributed by atoms with E-state index < -0.39 is 0 Å². The van der Waals surface area contributed by atoms with Crippen LogP contribution in [0.2, 0.25) is 0 Å². The Balaban J connectivity index is 1.95. The highest BCUT2D eigenvalue weighted by atomic mass is 16.2. The number of carbonyl (C=O) groups excluding carboxylic acids is 1. The van der Waals surface area contributed by atoms with Gasteiger partial charge >= 0.3 is 0 Å². The fourth-order valence-electron chi connectivity index (χ4n) is 3.03. The Labute approximate surface area is 98.4 Å². The predicted octanol–water partition coefficient (Wildman–Crippen LogP) is 1.91. The highest BCUT2D eigenvalue weighted by Crippen LogP contribution is 2.37. The zero-order valence-corrected chi connectivity index (χ0v) is 10.4. The minimum Gasteiger partial charge on any atom is -0.342 e. The third-order valence-corrected chi connectivity index (χ3v) is 4.30.